The molecule has 0 aromatic carbocycles. The molecule has 1 saturated heterocycles. The Morgan fingerprint density at radius 3 is 3.00 bits per heavy atom. The summed E-state index contributed by atoms with van der Waals surface area (Å²) in [5.41, 5.74) is 2.66. The molecular formula is C10H12BrN. The van der Waals surface area contributed by atoms with Gasteiger partial charge in [0.05, 0.1) is 0 Å². The molecule has 1 heterocycles. The SMILES string of the molecule is C=C1CC2CC(Br)=CC=C2N1C. The van der Waals surface area contributed by atoms with Crippen molar-refractivity contribution in [2.75, 3.05) is 7.05 Å². The van der Waals surface area contributed by atoms with Crippen LogP contribution < -0.4 is 0 Å². The highest BCUT2D eigenvalue weighted by Gasteiger charge is 2.29. The summed E-state index contributed by atoms with van der Waals surface area (Å²) in [4.78, 5) is 2.21. The lowest BCUT2D eigenvalue weighted by Gasteiger charge is -2.19. The molecule has 2 aliphatic rings. The zero-order valence-electron chi connectivity index (χ0n) is 7.18. The van der Waals surface area contributed by atoms with Gasteiger partial charge in [-0.15, -0.1) is 0 Å². The van der Waals surface area contributed by atoms with E-state index in [0.29, 0.717) is 5.92 Å². The van der Waals surface area contributed by atoms with Gasteiger partial charge in [-0.05, 0) is 23.4 Å². The molecule has 1 fully saturated rings. The van der Waals surface area contributed by atoms with E-state index in [4.69, 9.17) is 0 Å². The fourth-order valence-electron chi connectivity index (χ4n) is 1.89. The van der Waals surface area contributed by atoms with Crippen LogP contribution in [-0.2, 0) is 0 Å². The molecular weight excluding hydrogens is 214 g/mol. The van der Waals surface area contributed by atoms with Gasteiger partial charge in [0.2, 0.25) is 0 Å². The molecule has 12 heavy (non-hydrogen) atoms. The Bertz CT molecular complexity index is 286. The monoisotopic (exact) mass is 225 g/mol. The van der Waals surface area contributed by atoms with Gasteiger partial charge in [0.15, 0.2) is 0 Å². The summed E-state index contributed by atoms with van der Waals surface area (Å²) in [5.74, 6) is 0.668. The van der Waals surface area contributed by atoms with Gasteiger partial charge in [0.1, 0.15) is 0 Å². The van der Waals surface area contributed by atoms with Crippen LogP contribution in [0.25, 0.3) is 0 Å². The minimum Gasteiger partial charge on any atom is -0.352 e. The van der Waals surface area contributed by atoms with E-state index in [1.165, 1.54) is 15.9 Å². The zero-order chi connectivity index (χ0) is 8.72. The second kappa shape index (κ2) is 2.77. The van der Waals surface area contributed by atoms with E-state index in [-0.39, 0.29) is 0 Å². The molecule has 0 N–H and O–H groups in total. The highest BCUT2D eigenvalue weighted by atomic mass is 79.9. The van der Waals surface area contributed by atoms with Crippen molar-refractivity contribution in [3.63, 3.8) is 0 Å². The van der Waals surface area contributed by atoms with E-state index in [2.05, 4.69) is 46.6 Å². The third-order valence-electron chi connectivity index (χ3n) is 2.64. The molecule has 0 radical (unpaired) electrons. The number of hydrogen-bond donors (Lipinski definition) is 0. The molecule has 0 amide bonds. The first-order valence-corrected chi connectivity index (χ1v) is 4.95. The van der Waals surface area contributed by atoms with E-state index in [0.717, 1.165) is 12.8 Å². The van der Waals surface area contributed by atoms with Crippen LogP contribution in [0, 0.1) is 5.92 Å². The number of allylic oxidation sites excluding steroid dienone is 5. The maximum atomic E-state index is 4.03. The van der Waals surface area contributed by atoms with Crippen LogP contribution in [-0.4, -0.2) is 11.9 Å². The lowest BCUT2D eigenvalue weighted by atomic mass is 9.97. The van der Waals surface area contributed by atoms with Gasteiger partial charge >= 0.3 is 0 Å². The Kier molecular flexibility index (Phi) is 1.87. The third kappa shape index (κ3) is 1.14. The average molecular weight is 226 g/mol. The average Bonchev–Trinajstić information content (AvgIpc) is 2.28. The van der Waals surface area contributed by atoms with Crippen LogP contribution in [0.15, 0.2) is 34.6 Å². The van der Waals surface area contributed by atoms with Crippen molar-refractivity contribution < 1.29 is 0 Å². The fourth-order valence-corrected chi connectivity index (χ4v) is 2.41. The standard InChI is InChI=1S/C10H12BrN/c1-7-5-8-6-9(11)3-4-10(8)12(7)2/h3-4,8H,1,5-6H2,2H3. The molecule has 2 heteroatoms. The number of nitrogens with zero attached hydrogens (tertiary/aromatic N) is 1. The number of hydrogen-bond acceptors (Lipinski definition) is 1. The van der Waals surface area contributed by atoms with Crippen molar-refractivity contribution in [3.05, 3.63) is 34.6 Å². The van der Waals surface area contributed by atoms with Crippen LogP contribution in [0.2, 0.25) is 0 Å². The fraction of sp³-hybridized carbons (Fsp3) is 0.400. The van der Waals surface area contributed by atoms with E-state index in [9.17, 15) is 0 Å². The van der Waals surface area contributed by atoms with E-state index in [1.807, 2.05) is 0 Å². The topological polar surface area (TPSA) is 3.24 Å². The lowest BCUT2D eigenvalue weighted by Crippen LogP contribution is -2.12. The summed E-state index contributed by atoms with van der Waals surface area (Å²) >= 11 is 3.53. The maximum Gasteiger partial charge on any atom is 0.0212 e. The van der Waals surface area contributed by atoms with Crippen LogP contribution in [0.4, 0.5) is 0 Å². The quantitative estimate of drug-likeness (QED) is 0.613. The molecule has 1 aliphatic carbocycles. The van der Waals surface area contributed by atoms with Gasteiger partial charge in [-0.25, -0.2) is 0 Å². The van der Waals surface area contributed by atoms with Crippen LogP contribution in [0.5, 0.6) is 0 Å². The van der Waals surface area contributed by atoms with Gasteiger partial charge < -0.3 is 4.90 Å². The van der Waals surface area contributed by atoms with Crippen molar-refractivity contribution in [2.45, 2.75) is 12.8 Å². The molecule has 64 valence electrons. The van der Waals surface area contributed by atoms with Gasteiger partial charge in [-0.2, -0.15) is 0 Å². The first-order valence-electron chi connectivity index (χ1n) is 4.16. The van der Waals surface area contributed by atoms with Gasteiger partial charge in [0.25, 0.3) is 0 Å². The first-order chi connectivity index (χ1) is 5.68. The van der Waals surface area contributed by atoms with Crippen molar-refractivity contribution in [2.24, 2.45) is 5.92 Å². The van der Waals surface area contributed by atoms with E-state index in [1.54, 1.807) is 0 Å². The zero-order valence-corrected chi connectivity index (χ0v) is 8.76. The minimum absolute atomic E-state index is 0.668. The Hall–Kier alpha value is -0.500. The third-order valence-corrected chi connectivity index (χ3v) is 3.23. The predicted octanol–water partition coefficient (Wildman–Crippen LogP) is 3.02. The Morgan fingerprint density at radius 1 is 1.50 bits per heavy atom. The normalized spacial score (nSPS) is 28.3. The second-order valence-corrected chi connectivity index (χ2v) is 4.45. The van der Waals surface area contributed by atoms with Gasteiger partial charge in [0, 0.05) is 24.4 Å². The summed E-state index contributed by atoms with van der Waals surface area (Å²) in [5, 5.41) is 0. The number of likely N-dealkylation sites (tertiary alicyclic amines) is 1. The number of fused-ring (bicyclic) bond motifs is 1. The molecule has 1 atom stereocenters. The number of halogens is 1. The van der Waals surface area contributed by atoms with Crippen LogP contribution in [0.1, 0.15) is 12.8 Å². The molecule has 1 nitrogen and oxygen atoms in total. The highest BCUT2D eigenvalue weighted by molar-refractivity contribution is 9.11. The number of rotatable bonds is 0. The summed E-state index contributed by atoms with van der Waals surface area (Å²) < 4.78 is 1.30. The smallest absolute Gasteiger partial charge is 0.0212 e. The maximum absolute atomic E-state index is 4.03. The van der Waals surface area contributed by atoms with E-state index < -0.39 is 0 Å². The van der Waals surface area contributed by atoms with Crippen molar-refractivity contribution in [1.82, 2.24) is 4.90 Å². The second-order valence-electron chi connectivity index (χ2n) is 3.44. The van der Waals surface area contributed by atoms with Crippen molar-refractivity contribution in [1.29, 1.82) is 0 Å². The van der Waals surface area contributed by atoms with E-state index >= 15 is 0 Å². The molecule has 0 aromatic rings. The predicted molar refractivity (Wildman–Crippen MR) is 54.7 cm³/mol. The summed E-state index contributed by atoms with van der Waals surface area (Å²) in [6.45, 7) is 4.03. The Morgan fingerprint density at radius 2 is 2.25 bits per heavy atom. The summed E-state index contributed by atoms with van der Waals surface area (Å²) in [6, 6.07) is 0. The van der Waals surface area contributed by atoms with Crippen molar-refractivity contribution in [3.8, 4) is 0 Å². The van der Waals surface area contributed by atoms with Crippen LogP contribution in [0.3, 0.4) is 0 Å². The molecule has 0 saturated carbocycles. The summed E-state index contributed by atoms with van der Waals surface area (Å²) in [7, 11) is 2.10. The lowest BCUT2D eigenvalue weighted by molar-refractivity contribution is 0.529. The molecule has 0 bridgehead atoms. The molecule has 1 unspecified atom stereocenters. The molecule has 1 aliphatic heterocycles. The summed E-state index contributed by atoms with van der Waals surface area (Å²) in [6.07, 6.45) is 6.58. The molecule has 0 aromatic heterocycles. The Labute approximate surface area is 81.6 Å². The first kappa shape index (κ1) is 8.11. The van der Waals surface area contributed by atoms with Crippen molar-refractivity contribution >= 4 is 15.9 Å². The molecule has 0 spiro atoms. The highest BCUT2D eigenvalue weighted by Crippen LogP contribution is 2.40. The Balaban J connectivity index is 2.31. The van der Waals surface area contributed by atoms with Gasteiger partial charge in [-0.3, -0.25) is 0 Å². The minimum atomic E-state index is 0.668. The molecule has 2 rings (SSSR count). The van der Waals surface area contributed by atoms with Crippen LogP contribution >= 0.6 is 15.9 Å². The largest absolute Gasteiger partial charge is 0.352 e. The van der Waals surface area contributed by atoms with Gasteiger partial charge in [-0.1, -0.05) is 28.6 Å².